The lowest BCUT2D eigenvalue weighted by atomic mass is 9.94. The number of esters is 3. The fraction of sp³-hybridized carbons (Fsp3) is 0.792. The predicted octanol–water partition coefficient (Wildman–Crippen LogP) is 2.74. The largest absolute Gasteiger partial charge is 0.456 e. The third-order valence-electron chi connectivity index (χ3n) is 5.23. The molecule has 1 amide bonds. The Bertz CT molecular complexity index is 709. The van der Waals surface area contributed by atoms with E-state index in [1.165, 1.54) is 6.92 Å². The van der Waals surface area contributed by atoms with Crippen molar-refractivity contribution in [1.29, 1.82) is 0 Å². The van der Waals surface area contributed by atoms with Crippen LogP contribution in [0.5, 0.6) is 0 Å². The number of carbonyl (C=O) groups is 5. The molecule has 1 aliphatic rings. The smallest absolute Gasteiger partial charge is 0.308 e. The molecule has 0 bridgehead atoms. The van der Waals surface area contributed by atoms with E-state index < -0.39 is 54.5 Å². The highest BCUT2D eigenvalue weighted by atomic mass is 16.7. The van der Waals surface area contributed by atoms with Crippen LogP contribution in [0.4, 0.5) is 0 Å². The van der Waals surface area contributed by atoms with E-state index in [1.54, 1.807) is 6.92 Å². The fourth-order valence-electron chi connectivity index (χ4n) is 3.54. The minimum absolute atomic E-state index is 0.0203. The molecule has 0 aliphatic carbocycles. The van der Waals surface area contributed by atoms with Gasteiger partial charge in [0.05, 0.1) is 0 Å². The van der Waals surface area contributed by atoms with Crippen LogP contribution in [0.1, 0.15) is 92.4 Å². The van der Waals surface area contributed by atoms with Crippen molar-refractivity contribution in [2.45, 2.75) is 123 Å². The molecule has 5 atom stereocenters. The summed E-state index contributed by atoms with van der Waals surface area (Å²) in [5.74, 6) is -2.24. The quantitative estimate of drug-likeness (QED) is 0.291. The minimum Gasteiger partial charge on any atom is -0.456 e. The van der Waals surface area contributed by atoms with Gasteiger partial charge in [-0.2, -0.15) is 0 Å². The average molecular weight is 486 g/mol. The van der Waals surface area contributed by atoms with E-state index in [2.05, 4.69) is 5.32 Å². The average Bonchev–Trinajstić information content (AvgIpc) is 2.76. The number of ether oxygens (including phenoxy) is 4. The number of hydrogen-bond donors (Lipinski definition) is 1. The summed E-state index contributed by atoms with van der Waals surface area (Å²) in [5, 5.41) is 2.69. The van der Waals surface area contributed by atoms with E-state index in [-0.39, 0.29) is 37.9 Å². The summed E-state index contributed by atoms with van der Waals surface area (Å²) in [7, 11) is 0. The molecule has 10 nitrogen and oxygen atoms in total. The number of rotatable bonds is 14. The van der Waals surface area contributed by atoms with Gasteiger partial charge in [-0.05, 0) is 32.6 Å². The van der Waals surface area contributed by atoms with Gasteiger partial charge in [0.15, 0.2) is 12.2 Å². The molecule has 1 aliphatic heterocycles. The maximum Gasteiger partial charge on any atom is 0.308 e. The van der Waals surface area contributed by atoms with Crippen molar-refractivity contribution < 1.29 is 42.9 Å². The first kappa shape index (κ1) is 29.5. The molecule has 34 heavy (non-hydrogen) atoms. The standard InChI is InChI=1S/C24H39NO9/c1-6-10-18(28)32-22-16(9-4)31-24(34-20(30)12-8-3)21(23(22)33-19(29)11-7-2)25-17(27)14-13-15(5)26/h16,21-24H,6-14H2,1-5H3,(H,25,27)/t16?,21?,22-,23-,24?/m1/s1. The number of amides is 1. The Balaban J connectivity index is 3.33. The van der Waals surface area contributed by atoms with Crippen LogP contribution in [-0.4, -0.2) is 60.2 Å². The molecule has 0 aromatic carbocycles. The van der Waals surface area contributed by atoms with Gasteiger partial charge in [-0.3, -0.25) is 19.2 Å². The SMILES string of the molecule is CCCC(=O)OC1OC(CC)[C@@H](OC(=O)CCC)[C@H](OC(=O)CCC)C1NC(=O)CCC(C)=O. The second-order valence-electron chi connectivity index (χ2n) is 8.40. The van der Waals surface area contributed by atoms with Crippen LogP contribution < -0.4 is 5.32 Å². The number of Topliss-reactive ketones (excluding diaryl/α,β-unsaturated/α-hetero) is 1. The summed E-state index contributed by atoms with van der Waals surface area (Å²) >= 11 is 0. The van der Waals surface area contributed by atoms with Crippen molar-refractivity contribution in [2.75, 3.05) is 0 Å². The van der Waals surface area contributed by atoms with Crippen molar-refractivity contribution in [1.82, 2.24) is 5.32 Å². The molecule has 1 N–H and O–H groups in total. The molecule has 0 aromatic rings. The third-order valence-corrected chi connectivity index (χ3v) is 5.23. The number of carbonyl (C=O) groups excluding carboxylic acids is 5. The van der Waals surface area contributed by atoms with Gasteiger partial charge in [0.1, 0.15) is 17.9 Å². The Labute approximate surface area is 201 Å². The maximum absolute atomic E-state index is 12.6. The molecule has 1 fully saturated rings. The molecule has 194 valence electrons. The Morgan fingerprint density at radius 2 is 1.21 bits per heavy atom. The van der Waals surface area contributed by atoms with Gasteiger partial charge >= 0.3 is 17.9 Å². The Morgan fingerprint density at radius 3 is 1.68 bits per heavy atom. The number of ketones is 1. The molecular weight excluding hydrogens is 446 g/mol. The lowest BCUT2D eigenvalue weighted by Crippen LogP contribution is -2.66. The van der Waals surface area contributed by atoms with Gasteiger partial charge in [-0.15, -0.1) is 0 Å². The van der Waals surface area contributed by atoms with Gasteiger partial charge in [-0.25, -0.2) is 0 Å². The molecule has 1 rings (SSSR count). The van der Waals surface area contributed by atoms with Crippen molar-refractivity contribution in [3.8, 4) is 0 Å². The van der Waals surface area contributed by atoms with Crippen molar-refractivity contribution in [3.63, 3.8) is 0 Å². The molecule has 0 saturated carbocycles. The summed E-state index contributed by atoms with van der Waals surface area (Å²) < 4.78 is 22.8. The van der Waals surface area contributed by atoms with Crippen LogP contribution >= 0.6 is 0 Å². The van der Waals surface area contributed by atoms with E-state index in [4.69, 9.17) is 18.9 Å². The van der Waals surface area contributed by atoms with E-state index in [1.807, 2.05) is 20.8 Å². The van der Waals surface area contributed by atoms with Gasteiger partial charge in [0.25, 0.3) is 0 Å². The Morgan fingerprint density at radius 1 is 0.706 bits per heavy atom. The van der Waals surface area contributed by atoms with Crippen LogP contribution in [0.15, 0.2) is 0 Å². The molecule has 1 heterocycles. The van der Waals surface area contributed by atoms with Crippen LogP contribution in [0.3, 0.4) is 0 Å². The van der Waals surface area contributed by atoms with E-state index >= 15 is 0 Å². The molecule has 3 unspecified atom stereocenters. The van der Waals surface area contributed by atoms with Crippen molar-refractivity contribution >= 4 is 29.6 Å². The fourth-order valence-corrected chi connectivity index (χ4v) is 3.54. The van der Waals surface area contributed by atoms with Crippen LogP contribution in [0, 0.1) is 0 Å². The molecule has 0 aromatic heterocycles. The van der Waals surface area contributed by atoms with Gasteiger partial charge in [0.2, 0.25) is 12.2 Å². The first-order valence-electron chi connectivity index (χ1n) is 12.2. The molecular formula is C24H39NO9. The molecule has 0 radical (unpaired) electrons. The summed E-state index contributed by atoms with van der Waals surface area (Å²) in [4.78, 5) is 61.0. The first-order chi connectivity index (χ1) is 16.2. The Kier molecular flexibility index (Phi) is 13.4. The van der Waals surface area contributed by atoms with Crippen LogP contribution in [-0.2, 0) is 42.9 Å². The monoisotopic (exact) mass is 485 g/mol. The first-order valence-corrected chi connectivity index (χ1v) is 12.2. The zero-order valence-electron chi connectivity index (χ0n) is 20.9. The van der Waals surface area contributed by atoms with Crippen LogP contribution in [0.2, 0.25) is 0 Å². The third kappa shape index (κ3) is 9.79. The molecule has 0 spiro atoms. The Hall–Kier alpha value is -2.49. The lowest BCUT2D eigenvalue weighted by molar-refractivity contribution is -0.266. The molecule has 10 heteroatoms. The minimum atomic E-state index is -1.26. The van der Waals surface area contributed by atoms with E-state index in [9.17, 15) is 24.0 Å². The van der Waals surface area contributed by atoms with E-state index in [0.29, 0.717) is 25.7 Å². The number of nitrogens with one attached hydrogen (secondary N) is 1. The zero-order chi connectivity index (χ0) is 25.7. The predicted molar refractivity (Wildman–Crippen MR) is 121 cm³/mol. The zero-order valence-corrected chi connectivity index (χ0v) is 20.9. The van der Waals surface area contributed by atoms with E-state index in [0.717, 1.165) is 0 Å². The van der Waals surface area contributed by atoms with Crippen LogP contribution in [0.25, 0.3) is 0 Å². The lowest BCUT2D eigenvalue weighted by Gasteiger charge is -2.45. The molecule has 1 saturated heterocycles. The highest BCUT2D eigenvalue weighted by molar-refractivity contribution is 5.83. The van der Waals surface area contributed by atoms with Crippen molar-refractivity contribution in [2.24, 2.45) is 0 Å². The van der Waals surface area contributed by atoms with Gasteiger partial charge in [0, 0.05) is 32.1 Å². The van der Waals surface area contributed by atoms with Crippen molar-refractivity contribution in [3.05, 3.63) is 0 Å². The summed E-state index contributed by atoms with van der Waals surface area (Å²) in [5.41, 5.74) is 0. The summed E-state index contributed by atoms with van der Waals surface area (Å²) in [6.07, 6.45) is -1.79. The summed E-state index contributed by atoms with van der Waals surface area (Å²) in [6.45, 7) is 8.63. The highest BCUT2D eigenvalue weighted by Crippen LogP contribution is 2.30. The number of hydrogen-bond acceptors (Lipinski definition) is 9. The normalized spacial score (nSPS) is 24.1. The maximum atomic E-state index is 12.6. The topological polar surface area (TPSA) is 134 Å². The summed E-state index contributed by atoms with van der Waals surface area (Å²) in [6, 6.07) is -1.12. The van der Waals surface area contributed by atoms with Gasteiger partial charge < -0.3 is 29.1 Å². The second-order valence-corrected chi connectivity index (χ2v) is 8.40. The highest BCUT2D eigenvalue weighted by Gasteiger charge is 2.51. The second kappa shape index (κ2) is 15.4. The van der Waals surface area contributed by atoms with Gasteiger partial charge in [-0.1, -0.05) is 27.7 Å².